The number of aliphatic hydroxyl groups is 1. The summed E-state index contributed by atoms with van der Waals surface area (Å²) in [7, 11) is 0. The monoisotopic (exact) mass is 292 g/mol. The van der Waals surface area contributed by atoms with Crippen molar-refractivity contribution >= 4 is 46.1 Å². The molecule has 0 aliphatic carbocycles. The highest BCUT2D eigenvalue weighted by molar-refractivity contribution is 7.16. The van der Waals surface area contributed by atoms with Crippen molar-refractivity contribution in [3.05, 3.63) is 55.2 Å². The topological polar surface area (TPSA) is 20.2 Å². The molecule has 0 amide bonds. The van der Waals surface area contributed by atoms with E-state index < -0.39 is 6.10 Å². The number of thiophene rings is 1. The van der Waals surface area contributed by atoms with Crippen LogP contribution in [-0.2, 0) is 0 Å². The van der Waals surface area contributed by atoms with Crippen molar-refractivity contribution in [2.75, 3.05) is 0 Å². The van der Waals surface area contributed by atoms with Gasteiger partial charge in [-0.2, -0.15) is 0 Å². The zero-order valence-electron chi connectivity index (χ0n) is 7.95. The van der Waals surface area contributed by atoms with Gasteiger partial charge < -0.3 is 5.11 Å². The summed E-state index contributed by atoms with van der Waals surface area (Å²) in [5, 5.41) is 10.9. The van der Waals surface area contributed by atoms with Crippen molar-refractivity contribution in [1.29, 1.82) is 0 Å². The molecule has 1 N–H and O–H groups in total. The summed E-state index contributed by atoms with van der Waals surface area (Å²) in [4.78, 5) is 0.745. The summed E-state index contributed by atoms with van der Waals surface area (Å²) in [6.07, 6.45) is -0.788. The molecule has 0 radical (unpaired) electrons. The van der Waals surface area contributed by atoms with Gasteiger partial charge in [0.2, 0.25) is 0 Å². The third kappa shape index (κ3) is 2.36. The van der Waals surface area contributed by atoms with Crippen LogP contribution in [0.15, 0.2) is 30.3 Å². The molecular weight excluding hydrogens is 287 g/mol. The molecule has 0 bridgehead atoms. The molecule has 84 valence electrons. The molecule has 2 aromatic rings. The lowest BCUT2D eigenvalue weighted by Crippen LogP contribution is -1.97. The van der Waals surface area contributed by atoms with E-state index in [1.54, 1.807) is 30.3 Å². The zero-order chi connectivity index (χ0) is 11.7. The largest absolute Gasteiger partial charge is 0.383 e. The molecule has 1 aromatic carbocycles. The van der Waals surface area contributed by atoms with Crippen LogP contribution in [0.2, 0.25) is 14.4 Å². The summed E-state index contributed by atoms with van der Waals surface area (Å²) in [6, 6.07) is 8.69. The first kappa shape index (κ1) is 12.2. The summed E-state index contributed by atoms with van der Waals surface area (Å²) < 4.78 is 0.632. The van der Waals surface area contributed by atoms with Gasteiger partial charge in [-0.25, -0.2) is 0 Å². The molecule has 5 heteroatoms. The predicted molar refractivity (Wildman–Crippen MR) is 69.9 cm³/mol. The first-order valence-corrected chi connectivity index (χ1v) is 6.42. The van der Waals surface area contributed by atoms with Gasteiger partial charge in [-0.1, -0.05) is 46.9 Å². The maximum absolute atomic E-state index is 10.1. The minimum absolute atomic E-state index is 0.376. The first-order valence-electron chi connectivity index (χ1n) is 4.47. The molecule has 1 aromatic heterocycles. The second kappa shape index (κ2) is 4.94. The van der Waals surface area contributed by atoms with Gasteiger partial charge in [0.05, 0.1) is 14.4 Å². The fourth-order valence-electron chi connectivity index (χ4n) is 1.36. The first-order chi connectivity index (χ1) is 7.59. The smallest absolute Gasteiger partial charge is 0.115 e. The van der Waals surface area contributed by atoms with Crippen LogP contribution in [0.3, 0.4) is 0 Å². The lowest BCUT2D eigenvalue weighted by atomic mass is 10.1. The number of hydrogen-bond acceptors (Lipinski definition) is 2. The lowest BCUT2D eigenvalue weighted by molar-refractivity contribution is 0.224. The van der Waals surface area contributed by atoms with Gasteiger partial charge in [-0.05, 0) is 18.2 Å². The van der Waals surface area contributed by atoms with Gasteiger partial charge in [0.15, 0.2) is 0 Å². The second-order valence-electron chi connectivity index (χ2n) is 3.19. The SMILES string of the molecule is OC(c1ccc(Cl)s1)c1cccc(Cl)c1Cl. The standard InChI is InChI=1S/C11H7Cl3OS/c12-7-3-1-2-6(10(7)14)11(15)8-4-5-9(13)16-8/h1-5,11,15H. The molecule has 0 saturated carbocycles. The minimum atomic E-state index is -0.788. The molecular formula is C11H7Cl3OS. The van der Waals surface area contributed by atoms with E-state index in [0.717, 1.165) is 4.88 Å². The van der Waals surface area contributed by atoms with Gasteiger partial charge in [-0.3, -0.25) is 0 Å². The highest BCUT2D eigenvalue weighted by Crippen LogP contribution is 2.36. The van der Waals surface area contributed by atoms with Crippen LogP contribution in [0.25, 0.3) is 0 Å². The number of hydrogen-bond donors (Lipinski definition) is 1. The summed E-state index contributed by atoms with van der Waals surface area (Å²) in [6.45, 7) is 0. The van der Waals surface area contributed by atoms with Crippen molar-refractivity contribution in [3.63, 3.8) is 0 Å². The Kier molecular flexibility index (Phi) is 3.77. The third-order valence-corrected chi connectivity index (χ3v) is 4.26. The minimum Gasteiger partial charge on any atom is -0.383 e. The van der Waals surface area contributed by atoms with Gasteiger partial charge in [-0.15, -0.1) is 11.3 Å². The second-order valence-corrected chi connectivity index (χ2v) is 5.72. The molecule has 0 saturated heterocycles. The Labute approximate surface area is 112 Å². The Morgan fingerprint density at radius 1 is 1.06 bits per heavy atom. The fraction of sp³-hybridized carbons (Fsp3) is 0.0909. The maximum Gasteiger partial charge on any atom is 0.115 e. The number of aliphatic hydroxyl groups excluding tert-OH is 1. The normalized spacial score (nSPS) is 12.8. The summed E-state index contributed by atoms with van der Waals surface area (Å²) in [5.41, 5.74) is 0.590. The van der Waals surface area contributed by atoms with Crippen LogP contribution in [0.4, 0.5) is 0 Å². The van der Waals surface area contributed by atoms with Gasteiger partial charge in [0, 0.05) is 10.4 Å². The number of halogens is 3. The zero-order valence-corrected chi connectivity index (χ0v) is 11.0. The molecule has 0 aliphatic rings. The van der Waals surface area contributed by atoms with Crippen molar-refractivity contribution in [2.45, 2.75) is 6.10 Å². The quantitative estimate of drug-likeness (QED) is 0.844. The van der Waals surface area contributed by atoms with E-state index >= 15 is 0 Å². The highest BCUT2D eigenvalue weighted by Gasteiger charge is 2.17. The predicted octanol–water partition coefficient (Wildman–Crippen LogP) is 4.79. The van der Waals surface area contributed by atoms with Crippen LogP contribution in [0.5, 0.6) is 0 Å². The van der Waals surface area contributed by atoms with Crippen molar-refractivity contribution in [2.24, 2.45) is 0 Å². The van der Waals surface area contributed by atoms with Crippen molar-refractivity contribution < 1.29 is 5.11 Å². The molecule has 16 heavy (non-hydrogen) atoms. The van der Waals surface area contributed by atoms with Crippen LogP contribution in [-0.4, -0.2) is 5.11 Å². The van der Waals surface area contributed by atoms with E-state index in [1.807, 2.05) is 0 Å². The Hall–Kier alpha value is -0.250. The molecule has 1 heterocycles. The molecule has 0 fully saturated rings. The van der Waals surface area contributed by atoms with Gasteiger partial charge in [0.1, 0.15) is 6.10 Å². The van der Waals surface area contributed by atoms with Gasteiger partial charge >= 0.3 is 0 Å². The fourth-order valence-corrected chi connectivity index (χ4v) is 2.84. The third-order valence-electron chi connectivity index (χ3n) is 2.14. The van der Waals surface area contributed by atoms with E-state index in [0.29, 0.717) is 19.9 Å². The Bertz CT molecular complexity index is 510. The van der Waals surface area contributed by atoms with Crippen LogP contribution >= 0.6 is 46.1 Å². The van der Waals surface area contributed by atoms with Crippen LogP contribution in [0, 0.1) is 0 Å². The van der Waals surface area contributed by atoms with Crippen LogP contribution in [0.1, 0.15) is 16.5 Å². The molecule has 1 atom stereocenters. The average molecular weight is 294 g/mol. The van der Waals surface area contributed by atoms with E-state index in [9.17, 15) is 5.11 Å². The molecule has 0 aliphatic heterocycles. The Balaban J connectivity index is 2.41. The Morgan fingerprint density at radius 2 is 1.81 bits per heavy atom. The van der Waals surface area contributed by atoms with E-state index in [4.69, 9.17) is 34.8 Å². The molecule has 1 unspecified atom stereocenters. The molecule has 0 spiro atoms. The summed E-state index contributed by atoms with van der Waals surface area (Å²) in [5.74, 6) is 0. The Morgan fingerprint density at radius 3 is 2.44 bits per heavy atom. The summed E-state index contributed by atoms with van der Waals surface area (Å²) >= 11 is 19.0. The van der Waals surface area contributed by atoms with E-state index in [1.165, 1.54) is 11.3 Å². The van der Waals surface area contributed by atoms with Crippen molar-refractivity contribution in [3.8, 4) is 0 Å². The van der Waals surface area contributed by atoms with Crippen molar-refractivity contribution in [1.82, 2.24) is 0 Å². The average Bonchev–Trinajstić information content (AvgIpc) is 2.68. The van der Waals surface area contributed by atoms with E-state index in [-0.39, 0.29) is 0 Å². The van der Waals surface area contributed by atoms with E-state index in [2.05, 4.69) is 0 Å². The number of benzene rings is 1. The van der Waals surface area contributed by atoms with Gasteiger partial charge in [0.25, 0.3) is 0 Å². The highest BCUT2D eigenvalue weighted by atomic mass is 35.5. The molecule has 2 rings (SSSR count). The lowest BCUT2D eigenvalue weighted by Gasteiger charge is -2.11. The number of rotatable bonds is 2. The molecule has 1 nitrogen and oxygen atoms in total. The maximum atomic E-state index is 10.1. The van der Waals surface area contributed by atoms with Crippen LogP contribution < -0.4 is 0 Å².